The Morgan fingerprint density at radius 3 is 2.44 bits per heavy atom. The number of anilines is 2. The summed E-state index contributed by atoms with van der Waals surface area (Å²) in [6.45, 7) is 2.55. The van der Waals surface area contributed by atoms with Gasteiger partial charge in [-0.05, 0) is 42.3 Å². The van der Waals surface area contributed by atoms with Gasteiger partial charge in [0.2, 0.25) is 11.8 Å². The van der Waals surface area contributed by atoms with Crippen LogP contribution in [0.2, 0.25) is 0 Å². The Hall–Kier alpha value is -3.02. The molecule has 130 valence electrons. The first-order valence-electron chi connectivity index (χ1n) is 8.16. The molecule has 1 aliphatic heterocycles. The monoisotopic (exact) mass is 340 g/mol. The molecule has 2 aromatic rings. The van der Waals surface area contributed by atoms with Gasteiger partial charge in [-0.25, -0.2) is 0 Å². The number of fused-ring (bicyclic) bond motifs is 1. The van der Waals surface area contributed by atoms with Crippen molar-refractivity contribution in [3.8, 4) is 11.5 Å². The Morgan fingerprint density at radius 2 is 1.68 bits per heavy atom. The number of ether oxygens (including phenoxy) is 2. The van der Waals surface area contributed by atoms with Crippen LogP contribution in [0, 0.1) is 0 Å². The lowest BCUT2D eigenvalue weighted by atomic mass is 10.1. The Morgan fingerprint density at radius 1 is 0.960 bits per heavy atom. The zero-order chi connectivity index (χ0) is 17.6. The van der Waals surface area contributed by atoms with Gasteiger partial charge in [0.15, 0.2) is 11.5 Å². The number of carbonyl (C=O) groups excluding carboxylic acids is 2. The molecule has 0 saturated carbocycles. The molecule has 2 aromatic carbocycles. The average molecular weight is 340 g/mol. The van der Waals surface area contributed by atoms with Gasteiger partial charge < -0.3 is 20.1 Å². The van der Waals surface area contributed by atoms with E-state index in [0.717, 1.165) is 17.1 Å². The Kier molecular flexibility index (Phi) is 5.18. The van der Waals surface area contributed by atoms with Crippen LogP contribution in [-0.4, -0.2) is 25.0 Å². The molecule has 2 N–H and O–H groups in total. The zero-order valence-electron chi connectivity index (χ0n) is 14.0. The fourth-order valence-electron chi connectivity index (χ4n) is 2.60. The van der Waals surface area contributed by atoms with Crippen LogP contribution in [0.4, 0.5) is 11.4 Å². The van der Waals surface area contributed by atoms with Crippen molar-refractivity contribution in [1.29, 1.82) is 0 Å². The Bertz CT molecular complexity index is 789. The van der Waals surface area contributed by atoms with E-state index in [1.807, 2.05) is 18.2 Å². The lowest BCUT2D eigenvalue weighted by molar-refractivity contribution is -0.116. The summed E-state index contributed by atoms with van der Waals surface area (Å²) in [5.74, 6) is 1.23. The molecule has 0 spiro atoms. The topological polar surface area (TPSA) is 76.7 Å². The molecule has 3 rings (SSSR count). The van der Waals surface area contributed by atoms with Gasteiger partial charge >= 0.3 is 0 Å². The molecular formula is C19H20N2O4. The molecule has 0 unspecified atom stereocenters. The summed E-state index contributed by atoms with van der Waals surface area (Å²) >= 11 is 0. The number of benzene rings is 2. The summed E-state index contributed by atoms with van der Waals surface area (Å²) in [6.07, 6.45) is 0.956. The minimum Gasteiger partial charge on any atom is -0.486 e. The van der Waals surface area contributed by atoms with Crippen LogP contribution < -0.4 is 20.1 Å². The zero-order valence-corrected chi connectivity index (χ0v) is 14.0. The van der Waals surface area contributed by atoms with Crippen molar-refractivity contribution in [2.75, 3.05) is 23.8 Å². The van der Waals surface area contributed by atoms with Gasteiger partial charge in [0.1, 0.15) is 13.2 Å². The van der Waals surface area contributed by atoms with Crippen molar-refractivity contribution < 1.29 is 19.1 Å². The number of rotatable bonds is 5. The highest BCUT2D eigenvalue weighted by molar-refractivity contribution is 5.93. The van der Waals surface area contributed by atoms with E-state index in [0.29, 0.717) is 37.4 Å². The van der Waals surface area contributed by atoms with Gasteiger partial charge in [-0.2, -0.15) is 0 Å². The molecule has 0 fully saturated rings. The molecule has 0 atom stereocenters. The van der Waals surface area contributed by atoms with Crippen LogP contribution in [0.5, 0.6) is 11.5 Å². The summed E-state index contributed by atoms with van der Waals surface area (Å²) in [6, 6.07) is 12.8. The molecule has 6 nitrogen and oxygen atoms in total. The highest BCUT2D eigenvalue weighted by Crippen LogP contribution is 2.31. The third-order valence-electron chi connectivity index (χ3n) is 3.71. The number of hydrogen-bond donors (Lipinski definition) is 2. The number of aryl methyl sites for hydroxylation is 1. The van der Waals surface area contributed by atoms with Gasteiger partial charge in [0, 0.05) is 24.7 Å². The fraction of sp³-hybridized carbons (Fsp3) is 0.263. The predicted molar refractivity (Wildman–Crippen MR) is 95.1 cm³/mol. The quantitative estimate of drug-likeness (QED) is 0.877. The maximum Gasteiger partial charge on any atom is 0.224 e. The van der Waals surface area contributed by atoms with Crippen LogP contribution >= 0.6 is 0 Å². The molecule has 0 radical (unpaired) electrons. The Balaban J connectivity index is 1.55. The first kappa shape index (κ1) is 16.8. The van der Waals surface area contributed by atoms with E-state index in [-0.39, 0.29) is 11.8 Å². The molecule has 1 aliphatic rings. The molecule has 0 saturated heterocycles. The first-order chi connectivity index (χ1) is 12.1. The number of carbonyl (C=O) groups is 2. The van der Waals surface area contributed by atoms with E-state index in [1.54, 1.807) is 24.3 Å². The SMILES string of the molecule is CC(=O)Nc1cccc(NC(=O)CCc2ccc3c(c2)OCCO3)c1. The summed E-state index contributed by atoms with van der Waals surface area (Å²) in [4.78, 5) is 23.2. The van der Waals surface area contributed by atoms with Gasteiger partial charge in [-0.15, -0.1) is 0 Å². The molecule has 1 heterocycles. The van der Waals surface area contributed by atoms with Crippen LogP contribution in [0.15, 0.2) is 42.5 Å². The third kappa shape index (κ3) is 4.73. The standard InChI is InChI=1S/C19H20N2O4/c1-13(22)20-15-3-2-4-16(12-15)21-19(23)8-6-14-5-7-17-18(11-14)25-10-9-24-17/h2-5,7,11-12H,6,8-10H2,1H3,(H,20,22)(H,21,23). The molecule has 2 amide bonds. The van der Waals surface area contributed by atoms with Gasteiger partial charge in [0.05, 0.1) is 0 Å². The highest BCUT2D eigenvalue weighted by atomic mass is 16.6. The summed E-state index contributed by atoms with van der Waals surface area (Å²) < 4.78 is 11.0. The molecule has 0 bridgehead atoms. The maximum absolute atomic E-state index is 12.2. The van der Waals surface area contributed by atoms with Crippen LogP contribution in [0.25, 0.3) is 0 Å². The van der Waals surface area contributed by atoms with Crippen molar-refractivity contribution >= 4 is 23.2 Å². The van der Waals surface area contributed by atoms with Crippen molar-refractivity contribution in [1.82, 2.24) is 0 Å². The summed E-state index contributed by atoms with van der Waals surface area (Å²) in [5.41, 5.74) is 2.32. The second kappa shape index (κ2) is 7.70. The fourth-order valence-corrected chi connectivity index (χ4v) is 2.60. The highest BCUT2D eigenvalue weighted by Gasteiger charge is 2.12. The average Bonchev–Trinajstić information content (AvgIpc) is 2.59. The van der Waals surface area contributed by atoms with Gasteiger partial charge in [-0.1, -0.05) is 12.1 Å². The number of nitrogens with one attached hydrogen (secondary N) is 2. The van der Waals surface area contributed by atoms with Crippen molar-refractivity contribution in [3.63, 3.8) is 0 Å². The smallest absolute Gasteiger partial charge is 0.224 e. The van der Waals surface area contributed by atoms with E-state index in [4.69, 9.17) is 9.47 Å². The van der Waals surface area contributed by atoms with Crippen LogP contribution in [-0.2, 0) is 16.0 Å². The van der Waals surface area contributed by atoms with Crippen molar-refractivity contribution in [2.24, 2.45) is 0 Å². The minimum absolute atomic E-state index is 0.0881. The van der Waals surface area contributed by atoms with Crippen molar-refractivity contribution in [2.45, 2.75) is 19.8 Å². The number of amides is 2. The second-order valence-corrected chi connectivity index (χ2v) is 5.79. The van der Waals surface area contributed by atoms with E-state index < -0.39 is 0 Å². The predicted octanol–water partition coefficient (Wildman–Crippen LogP) is 2.99. The van der Waals surface area contributed by atoms with E-state index >= 15 is 0 Å². The maximum atomic E-state index is 12.2. The largest absolute Gasteiger partial charge is 0.486 e. The molecule has 6 heteroatoms. The van der Waals surface area contributed by atoms with E-state index in [2.05, 4.69) is 10.6 Å². The lowest BCUT2D eigenvalue weighted by Crippen LogP contribution is -2.16. The Labute approximate surface area is 146 Å². The van der Waals surface area contributed by atoms with E-state index in [9.17, 15) is 9.59 Å². The lowest BCUT2D eigenvalue weighted by Gasteiger charge is -2.18. The minimum atomic E-state index is -0.151. The molecule has 25 heavy (non-hydrogen) atoms. The summed E-state index contributed by atoms with van der Waals surface area (Å²) in [7, 11) is 0. The van der Waals surface area contributed by atoms with E-state index in [1.165, 1.54) is 6.92 Å². The number of hydrogen-bond acceptors (Lipinski definition) is 4. The summed E-state index contributed by atoms with van der Waals surface area (Å²) in [5, 5.41) is 5.53. The van der Waals surface area contributed by atoms with Crippen LogP contribution in [0.3, 0.4) is 0 Å². The van der Waals surface area contributed by atoms with Gasteiger partial charge in [-0.3, -0.25) is 9.59 Å². The molecule has 0 aliphatic carbocycles. The molecular weight excluding hydrogens is 320 g/mol. The molecule has 0 aromatic heterocycles. The second-order valence-electron chi connectivity index (χ2n) is 5.79. The normalized spacial score (nSPS) is 12.4. The third-order valence-corrected chi connectivity index (χ3v) is 3.71. The van der Waals surface area contributed by atoms with Crippen molar-refractivity contribution in [3.05, 3.63) is 48.0 Å². The van der Waals surface area contributed by atoms with Gasteiger partial charge in [0.25, 0.3) is 0 Å². The first-order valence-corrected chi connectivity index (χ1v) is 8.16. The van der Waals surface area contributed by atoms with Crippen LogP contribution in [0.1, 0.15) is 18.9 Å².